The van der Waals surface area contributed by atoms with E-state index in [1.807, 2.05) is 17.5 Å². The van der Waals surface area contributed by atoms with Crippen LogP contribution in [-0.4, -0.2) is 24.0 Å². The van der Waals surface area contributed by atoms with Crippen LogP contribution in [0, 0.1) is 5.82 Å². The lowest BCUT2D eigenvalue weighted by atomic mass is 9.94. The van der Waals surface area contributed by atoms with Crippen molar-refractivity contribution >= 4 is 34.9 Å². The summed E-state index contributed by atoms with van der Waals surface area (Å²) in [5.74, 6) is -1.26. The molecule has 1 aromatic heterocycles. The van der Waals surface area contributed by atoms with Gasteiger partial charge in [-0.2, -0.15) is 0 Å². The summed E-state index contributed by atoms with van der Waals surface area (Å²) >= 11 is 7.64. The van der Waals surface area contributed by atoms with Crippen molar-refractivity contribution in [3.05, 3.63) is 68.3 Å². The van der Waals surface area contributed by atoms with Crippen LogP contribution in [0.1, 0.15) is 23.4 Å². The molecule has 0 saturated carbocycles. The van der Waals surface area contributed by atoms with Gasteiger partial charge in [0.2, 0.25) is 0 Å². The maximum Gasteiger partial charge on any atom is 0.337 e. The Morgan fingerprint density at radius 2 is 2.15 bits per heavy atom. The molecule has 2 amide bonds. The molecule has 0 spiro atoms. The summed E-state index contributed by atoms with van der Waals surface area (Å²) in [6.07, 6.45) is 0. The van der Waals surface area contributed by atoms with Crippen molar-refractivity contribution in [1.82, 2.24) is 10.2 Å². The maximum atomic E-state index is 14.4. The van der Waals surface area contributed by atoms with Gasteiger partial charge >= 0.3 is 12.0 Å². The summed E-state index contributed by atoms with van der Waals surface area (Å²) in [5.41, 5.74) is 0.590. The lowest BCUT2D eigenvalue weighted by Crippen LogP contribution is -2.47. The summed E-state index contributed by atoms with van der Waals surface area (Å²) in [5, 5.41) is 4.70. The third kappa shape index (κ3) is 3.32. The fourth-order valence-corrected chi connectivity index (χ4v) is 3.87. The predicted molar refractivity (Wildman–Crippen MR) is 97.3 cm³/mol. The molecule has 8 heteroatoms. The van der Waals surface area contributed by atoms with Crippen molar-refractivity contribution < 1.29 is 18.7 Å². The Morgan fingerprint density at radius 3 is 2.77 bits per heavy atom. The number of nitrogens with one attached hydrogen (secondary N) is 1. The molecular formula is C18H16ClFN2O3S. The smallest absolute Gasteiger partial charge is 0.337 e. The number of methoxy groups -OCH3 is 1. The van der Waals surface area contributed by atoms with Crippen LogP contribution in [0.2, 0.25) is 5.02 Å². The number of allylic oxidation sites excluding steroid dienone is 1. The lowest BCUT2D eigenvalue weighted by Gasteiger charge is -2.35. The predicted octanol–water partition coefficient (Wildman–Crippen LogP) is 4.25. The first-order chi connectivity index (χ1) is 12.4. The van der Waals surface area contributed by atoms with Gasteiger partial charge in [0.15, 0.2) is 0 Å². The fourth-order valence-electron chi connectivity index (χ4n) is 2.91. The van der Waals surface area contributed by atoms with Gasteiger partial charge in [-0.25, -0.2) is 14.0 Å². The molecule has 5 nitrogen and oxygen atoms in total. The number of urea groups is 1. The zero-order valence-electron chi connectivity index (χ0n) is 14.1. The molecular weight excluding hydrogens is 379 g/mol. The van der Waals surface area contributed by atoms with E-state index >= 15 is 0 Å². The van der Waals surface area contributed by atoms with E-state index < -0.39 is 23.9 Å². The number of amides is 2. The van der Waals surface area contributed by atoms with Gasteiger partial charge in [-0.1, -0.05) is 23.7 Å². The van der Waals surface area contributed by atoms with Gasteiger partial charge in [0.25, 0.3) is 0 Å². The van der Waals surface area contributed by atoms with Crippen LogP contribution >= 0.6 is 22.9 Å². The summed E-state index contributed by atoms with van der Waals surface area (Å²) in [6.45, 7) is 1.94. The number of benzene rings is 1. The van der Waals surface area contributed by atoms with Crippen LogP contribution in [0.25, 0.3) is 0 Å². The van der Waals surface area contributed by atoms with Crippen molar-refractivity contribution in [2.24, 2.45) is 0 Å². The maximum absolute atomic E-state index is 14.4. The van der Waals surface area contributed by atoms with Crippen LogP contribution in [0.5, 0.6) is 0 Å². The molecule has 1 aliphatic heterocycles. The van der Waals surface area contributed by atoms with Gasteiger partial charge in [0.1, 0.15) is 5.82 Å². The molecule has 2 aromatic rings. The molecule has 0 radical (unpaired) electrons. The number of ether oxygens (including phenoxy) is 1. The molecule has 0 bridgehead atoms. The van der Waals surface area contributed by atoms with Gasteiger partial charge in [0.05, 0.1) is 25.3 Å². The highest BCUT2D eigenvalue weighted by atomic mass is 35.5. The Balaban J connectivity index is 2.10. The van der Waals surface area contributed by atoms with Crippen LogP contribution in [0.3, 0.4) is 0 Å². The minimum Gasteiger partial charge on any atom is -0.466 e. The van der Waals surface area contributed by atoms with Crippen LogP contribution < -0.4 is 5.32 Å². The number of carbonyl (C=O) groups excluding carboxylic acids is 2. The van der Waals surface area contributed by atoms with Crippen LogP contribution in [0.15, 0.2) is 47.0 Å². The van der Waals surface area contributed by atoms with E-state index in [1.54, 1.807) is 6.92 Å². The molecule has 2 heterocycles. The highest BCUT2D eigenvalue weighted by Gasteiger charge is 2.38. The van der Waals surface area contributed by atoms with E-state index in [0.717, 1.165) is 4.88 Å². The largest absolute Gasteiger partial charge is 0.466 e. The Hall–Kier alpha value is -2.38. The number of nitrogens with zero attached hydrogens (tertiary/aromatic N) is 1. The molecule has 1 N–H and O–H groups in total. The number of esters is 1. The average molecular weight is 395 g/mol. The number of carbonyl (C=O) groups is 2. The molecule has 0 saturated heterocycles. The van der Waals surface area contributed by atoms with Crippen molar-refractivity contribution in [3.8, 4) is 0 Å². The number of hydrogen-bond acceptors (Lipinski definition) is 4. The molecule has 0 aliphatic carbocycles. The Morgan fingerprint density at radius 1 is 1.38 bits per heavy atom. The van der Waals surface area contributed by atoms with Gasteiger partial charge < -0.3 is 10.1 Å². The van der Waals surface area contributed by atoms with Crippen molar-refractivity contribution in [1.29, 1.82) is 0 Å². The molecule has 1 unspecified atom stereocenters. The third-order valence-corrected chi connectivity index (χ3v) is 5.37. The first kappa shape index (κ1) is 18.4. The van der Waals surface area contributed by atoms with E-state index in [-0.39, 0.29) is 16.2 Å². The minimum absolute atomic E-state index is 0.0399. The van der Waals surface area contributed by atoms with Gasteiger partial charge in [-0.05, 0) is 30.5 Å². The lowest BCUT2D eigenvalue weighted by molar-refractivity contribution is -0.136. The summed E-state index contributed by atoms with van der Waals surface area (Å²) in [7, 11) is 1.24. The SMILES string of the molecule is COC(=O)C1=C(C)N(Cc2cccs2)C(=O)NC1c1c(F)cccc1Cl. The molecule has 1 atom stereocenters. The average Bonchev–Trinajstić information content (AvgIpc) is 3.11. The second kappa shape index (κ2) is 7.47. The highest BCUT2D eigenvalue weighted by Crippen LogP contribution is 2.36. The number of halogens is 2. The molecule has 1 aliphatic rings. The number of thiophene rings is 1. The van der Waals surface area contributed by atoms with E-state index in [1.165, 1.54) is 41.5 Å². The Bertz CT molecular complexity index is 862. The van der Waals surface area contributed by atoms with Crippen LogP contribution in [0.4, 0.5) is 9.18 Å². The first-order valence-corrected chi connectivity index (χ1v) is 9.03. The molecule has 3 rings (SSSR count). The van der Waals surface area contributed by atoms with Crippen molar-refractivity contribution in [3.63, 3.8) is 0 Å². The molecule has 136 valence electrons. The van der Waals surface area contributed by atoms with Crippen molar-refractivity contribution in [2.75, 3.05) is 7.11 Å². The monoisotopic (exact) mass is 394 g/mol. The van der Waals surface area contributed by atoms with Crippen LogP contribution in [-0.2, 0) is 16.1 Å². The number of rotatable bonds is 4. The van der Waals surface area contributed by atoms with Gasteiger partial charge in [-0.3, -0.25) is 4.90 Å². The van der Waals surface area contributed by atoms with Gasteiger partial charge in [-0.15, -0.1) is 11.3 Å². The van der Waals surface area contributed by atoms with Gasteiger partial charge in [0, 0.05) is 21.2 Å². The first-order valence-electron chi connectivity index (χ1n) is 7.77. The van der Waals surface area contributed by atoms with Crippen molar-refractivity contribution in [2.45, 2.75) is 19.5 Å². The minimum atomic E-state index is -1.02. The third-order valence-electron chi connectivity index (χ3n) is 4.18. The van der Waals surface area contributed by atoms with E-state index in [9.17, 15) is 14.0 Å². The van der Waals surface area contributed by atoms with E-state index in [4.69, 9.17) is 16.3 Å². The standard InChI is InChI=1S/C18H16ClFN2O3S/c1-10-14(17(23)25-2)16(15-12(19)6-3-7-13(15)20)21-18(24)22(10)9-11-5-4-8-26-11/h3-8,16H,9H2,1-2H3,(H,21,24). The Labute approximate surface area is 159 Å². The zero-order valence-corrected chi connectivity index (χ0v) is 15.7. The molecule has 0 fully saturated rings. The second-order valence-corrected chi connectivity index (χ2v) is 7.11. The zero-order chi connectivity index (χ0) is 18.8. The van der Waals surface area contributed by atoms with E-state index in [0.29, 0.717) is 12.2 Å². The van der Waals surface area contributed by atoms with E-state index in [2.05, 4.69) is 5.32 Å². The summed E-state index contributed by atoms with van der Waals surface area (Å²) in [4.78, 5) is 27.5. The molecule has 26 heavy (non-hydrogen) atoms. The highest BCUT2D eigenvalue weighted by molar-refractivity contribution is 7.09. The fraction of sp³-hybridized carbons (Fsp3) is 0.222. The number of hydrogen-bond donors (Lipinski definition) is 1. The quantitative estimate of drug-likeness (QED) is 0.788. The topological polar surface area (TPSA) is 58.6 Å². The molecule has 1 aromatic carbocycles. The Kier molecular flexibility index (Phi) is 5.29. The second-order valence-electron chi connectivity index (χ2n) is 5.67. The normalized spacial score (nSPS) is 17.3. The summed E-state index contributed by atoms with van der Waals surface area (Å²) < 4.78 is 19.3. The summed E-state index contributed by atoms with van der Waals surface area (Å²) in [6, 6.07) is 6.51.